The monoisotopic (exact) mass is 448 g/mol. The van der Waals surface area contributed by atoms with Crippen LogP contribution in [0.2, 0.25) is 0 Å². The van der Waals surface area contributed by atoms with E-state index in [4.69, 9.17) is 9.97 Å². The van der Waals surface area contributed by atoms with Gasteiger partial charge in [0.25, 0.3) is 0 Å². The molecule has 7 heteroatoms. The smallest absolute Gasteiger partial charge is 0.249 e. The van der Waals surface area contributed by atoms with Crippen molar-refractivity contribution in [2.45, 2.75) is 52.2 Å². The normalized spacial score (nSPS) is 15.7. The molecule has 2 aromatic carbocycles. The summed E-state index contributed by atoms with van der Waals surface area (Å²) in [6.07, 6.45) is 1.04. The average Bonchev–Trinajstić information content (AvgIpc) is 2.78. The van der Waals surface area contributed by atoms with Crippen molar-refractivity contribution in [3.05, 3.63) is 48.0 Å². The molecule has 0 unspecified atom stereocenters. The Labute approximate surface area is 194 Å². The minimum absolute atomic E-state index is 0.0311. The number of amides is 1. The van der Waals surface area contributed by atoms with Crippen LogP contribution < -0.4 is 10.2 Å². The molecule has 0 spiro atoms. The van der Waals surface area contributed by atoms with Gasteiger partial charge < -0.3 is 20.4 Å². The number of aromatic hydroxyl groups is 1. The van der Waals surface area contributed by atoms with Crippen molar-refractivity contribution in [2.24, 2.45) is 5.92 Å². The Morgan fingerprint density at radius 2 is 1.88 bits per heavy atom. The number of aliphatic hydroxyl groups is 1. The third-order valence-corrected chi connectivity index (χ3v) is 6.12. The fraction of sp³-hybridized carbons (Fsp3) is 0.423. The zero-order valence-electron chi connectivity index (χ0n) is 19.5. The Morgan fingerprint density at radius 3 is 2.58 bits per heavy atom. The molecular weight excluding hydrogens is 416 g/mol. The Bertz CT molecular complexity index is 1140. The minimum Gasteiger partial charge on any atom is -0.507 e. The number of aryl methyl sites for hydroxylation is 1. The van der Waals surface area contributed by atoms with Gasteiger partial charge in [-0.05, 0) is 61.9 Å². The van der Waals surface area contributed by atoms with E-state index >= 15 is 0 Å². The van der Waals surface area contributed by atoms with Crippen LogP contribution in [0, 0.1) is 12.8 Å². The fourth-order valence-electron chi connectivity index (χ4n) is 4.33. The van der Waals surface area contributed by atoms with Gasteiger partial charge in [-0.25, -0.2) is 9.97 Å². The Balaban J connectivity index is 1.56. The molecule has 3 aromatic rings. The number of hydrogen-bond acceptors (Lipinski definition) is 6. The third-order valence-electron chi connectivity index (χ3n) is 6.12. The zero-order chi connectivity index (χ0) is 23.5. The number of para-hydroxylation sites is 1. The first kappa shape index (κ1) is 23.0. The van der Waals surface area contributed by atoms with Crippen molar-refractivity contribution in [3.63, 3.8) is 0 Å². The van der Waals surface area contributed by atoms with Crippen LogP contribution >= 0.6 is 0 Å². The zero-order valence-corrected chi connectivity index (χ0v) is 19.5. The number of piperidine rings is 1. The molecular formula is C26H32N4O3. The van der Waals surface area contributed by atoms with Crippen LogP contribution in [0.4, 0.5) is 5.82 Å². The second kappa shape index (κ2) is 9.75. The van der Waals surface area contributed by atoms with Crippen molar-refractivity contribution in [2.75, 3.05) is 18.0 Å². The van der Waals surface area contributed by atoms with Crippen LogP contribution in [0.15, 0.2) is 42.5 Å². The fourth-order valence-corrected chi connectivity index (χ4v) is 4.33. The number of carbonyl (C=O) groups is 1. The number of nitrogens with one attached hydrogen (secondary N) is 1. The van der Waals surface area contributed by atoms with Gasteiger partial charge in [0.15, 0.2) is 5.82 Å². The predicted molar refractivity (Wildman–Crippen MR) is 130 cm³/mol. The van der Waals surface area contributed by atoms with Crippen molar-refractivity contribution >= 4 is 22.6 Å². The molecule has 33 heavy (non-hydrogen) atoms. The van der Waals surface area contributed by atoms with Gasteiger partial charge in [-0.1, -0.05) is 32.0 Å². The first-order valence-electron chi connectivity index (χ1n) is 11.6. The third kappa shape index (κ3) is 5.25. The number of rotatable bonds is 6. The topological polar surface area (TPSA) is 98.6 Å². The molecule has 1 aromatic heterocycles. The average molecular weight is 449 g/mol. The van der Waals surface area contributed by atoms with E-state index in [1.165, 1.54) is 0 Å². The van der Waals surface area contributed by atoms with E-state index in [1.807, 2.05) is 45.0 Å². The highest BCUT2D eigenvalue weighted by Crippen LogP contribution is 2.33. The summed E-state index contributed by atoms with van der Waals surface area (Å²) in [5, 5.41) is 24.4. The molecule has 7 nitrogen and oxygen atoms in total. The predicted octanol–water partition coefficient (Wildman–Crippen LogP) is 3.80. The molecule has 3 N–H and O–H groups in total. The molecule has 1 saturated heterocycles. The van der Waals surface area contributed by atoms with Crippen LogP contribution in [0.1, 0.15) is 38.7 Å². The summed E-state index contributed by atoms with van der Waals surface area (Å²) < 4.78 is 0. The van der Waals surface area contributed by atoms with Crippen LogP contribution in [0.3, 0.4) is 0 Å². The van der Waals surface area contributed by atoms with Crippen molar-refractivity contribution < 1.29 is 15.0 Å². The van der Waals surface area contributed by atoms with Crippen molar-refractivity contribution in [1.82, 2.24) is 15.3 Å². The number of aliphatic hydroxyl groups excluding tert-OH is 1. The first-order chi connectivity index (χ1) is 15.8. The van der Waals surface area contributed by atoms with Gasteiger partial charge in [0.2, 0.25) is 5.91 Å². The summed E-state index contributed by atoms with van der Waals surface area (Å²) in [5.74, 6) is 1.46. The molecule has 1 atom stereocenters. The molecule has 0 saturated carbocycles. The van der Waals surface area contributed by atoms with Gasteiger partial charge in [-0.2, -0.15) is 0 Å². The quantitative estimate of drug-likeness (QED) is 0.531. The molecule has 1 amide bonds. The van der Waals surface area contributed by atoms with Gasteiger partial charge >= 0.3 is 0 Å². The lowest BCUT2D eigenvalue weighted by Crippen LogP contribution is -2.48. The van der Waals surface area contributed by atoms with Gasteiger partial charge in [0, 0.05) is 24.5 Å². The van der Waals surface area contributed by atoms with E-state index in [2.05, 4.69) is 16.3 Å². The maximum absolute atomic E-state index is 12.3. The number of aromatic nitrogens is 2. The standard InChI is InChI=1S/C26H32N4O3/c1-16(2)14-23(32)26(33)27-18-10-12-30(13-11-18)25-19-9-8-17(3)15-21(19)28-24(29-25)20-6-4-5-7-22(20)31/h4-9,15-16,18,23,31-32H,10-14H2,1-3H3,(H,27,33)/t23-/m1/s1. The highest BCUT2D eigenvalue weighted by Gasteiger charge is 2.26. The van der Waals surface area contributed by atoms with Crippen LogP contribution in [0.5, 0.6) is 5.75 Å². The Morgan fingerprint density at radius 1 is 1.15 bits per heavy atom. The molecule has 1 aliphatic heterocycles. The second-order valence-electron chi connectivity index (χ2n) is 9.32. The van der Waals surface area contributed by atoms with E-state index in [1.54, 1.807) is 12.1 Å². The second-order valence-corrected chi connectivity index (χ2v) is 9.32. The number of benzene rings is 2. The Kier molecular flexibility index (Phi) is 6.79. The molecule has 2 heterocycles. The van der Waals surface area contributed by atoms with E-state index in [9.17, 15) is 15.0 Å². The first-order valence-corrected chi connectivity index (χ1v) is 11.6. The number of phenols is 1. The molecule has 0 bridgehead atoms. The van der Waals surface area contributed by atoms with Crippen molar-refractivity contribution in [3.8, 4) is 17.1 Å². The van der Waals surface area contributed by atoms with Gasteiger partial charge in [0.1, 0.15) is 17.7 Å². The summed E-state index contributed by atoms with van der Waals surface area (Å²) in [6, 6.07) is 13.3. The van der Waals surface area contributed by atoms with E-state index in [-0.39, 0.29) is 23.6 Å². The maximum Gasteiger partial charge on any atom is 0.249 e. The number of hydrogen-bond donors (Lipinski definition) is 3. The molecule has 1 aliphatic rings. The van der Waals surface area contributed by atoms with Crippen LogP contribution in [-0.4, -0.2) is 51.3 Å². The number of fused-ring (bicyclic) bond motifs is 1. The number of carbonyl (C=O) groups excluding carboxylic acids is 1. The summed E-state index contributed by atoms with van der Waals surface area (Å²) >= 11 is 0. The van der Waals surface area contributed by atoms with E-state index in [0.717, 1.165) is 48.2 Å². The Hall–Kier alpha value is -3.19. The molecule has 4 rings (SSSR count). The summed E-state index contributed by atoms with van der Waals surface area (Å²) in [4.78, 5) is 24.1. The van der Waals surface area contributed by atoms with Crippen LogP contribution in [-0.2, 0) is 4.79 Å². The SMILES string of the molecule is Cc1ccc2c(N3CCC(NC(=O)[C@H](O)CC(C)C)CC3)nc(-c3ccccc3O)nc2c1. The van der Waals surface area contributed by atoms with Gasteiger partial charge in [-0.3, -0.25) is 4.79 Å². The van der Waals surface area contributed by atoms with Crippen LogP contribution in [0.25, 0.3) is 22.3 Å². The summed E-state index contributed by atoms with van der Waals surface area (Å²) in [5.41, 5.74) is 2.55. The molecule has 1 fully saturated rings. The van der Waals surface area contributed by atoms with Gasteiger partial charge in [-0.15, -0.1) is 0 Å². The van der Waals surface area contributed by atoms with Gasteiger partial charge in [0.05, 0.1) is 11.1 Å². The molecule has 174 valence electrons. The minimum atomic E-state index is -0.960. The van der Waals surface area contributed by atoms with E-state index in [0.29, 0.717) is 17.8 Å². The molecule has 0 radical (unpaired) electrons. The van der Waals surface area contributed by atoms with Crippen molar-refractivity contribution in [1.29, 1.82) is 0 Å². The maximum atomic E-state index is 12.3. The lowest BCUT2D eigenvalue weighted by atomic mass is 10.0. The highest BCUT2D eigenvalue weighted by atomic mass is 16.3. The highest BCUT2D eigenvalue weighted by molar-refractivity contribution is 5.92. The number of phenolic OH excluding ortho intramolecular Hbond substituents is 1. The molecule has 0 aliphatic carbocycles. The lowest BCUT2D eigenvalue weighted by molar-refractivity contribution is -0.130. The largest absolute Gasteiger partial charge is 0.507 e. The van der Waals surface area contributed by atoms with E-state index < -0.39 is 6.10 Å². The number of nitrogens with zero attached hydrogens (tertiary/aromatic N) is 3. The number of anilines is 1. The lowest BCUT2D eigenvalue weighted by Gasteiger charge is -2.34. The summed E-state index contributed by atoms with van der Waals surface area (Å²) in [7, 11) is 0. The summed E-state index contributed by atoms with van der Waals surface area (Å²) in [6.45, 7) is 7.47.